The first-order valence-corrected chi connectivity index (χ1v) is 8.23. The molecule has 1 aliphatic heterocycles. The smallest absolute Gasteiger partial charge is 0.310 e. The number of carbonyl (C=O) groups excluding carboxylic acids is 2. The van der Waals surface area contributed by atoms with E-state index in [2.05, 4.69) is 19.2 Å². The summed E-state index contributed by atoms with van der Waals surface area (Å²) in [6.45, 7) is 5.16. The molecule has 1 saturated heterocycles. The fourth-order valence-electron chi connectivity index (χ4n) is 3.52. The van der Waals surface area contributed by atoms with Gasteiger partial charge in [0.25, 0.3) is 5.91 Å². The number of urea groups is 1. The van der Waals surface area contributed by atoms with Crippen LogP contribution in [0.4, 0.5) is 4.79 Å². The van der Waals surface area contributed by atoms with Crippen LogP contribution in [-0.4, -0.2) is 28.9 Å². The summed E-state index contributed by atoms with van der Waals surface area (Å²) in [4.78, 5) is 26.1. The summed E-state index contributed by atoms with van der Waals surface area (Å²) in [5.74, 6) is 0.624. The monoisotopic (exact) mass is 280 g/mol. The molecule has 0 aromatic heterocycles. The molecule has 4 heteroatoms. The molecule has 0 aromatic carbocycles. The average Bonchev–Trinajstić information content (AvgIpc) is 2.65. The number of hydrogen-bond acceptors (Lipinski definition) is 2. The van der Waals surface area contributed by atoms with Crippen molar-refractivity contribution in [2.45, 2.75) is 77.2 Å². The van der Waals surface area contributed by atoms with E-state index in [0.29, 0.717) is 5.92 Å². The first-order valence-electron chi connectivity index (χ1n) is 8.23. The van der Waals surface area contributed by atoms with Crippen LogP contribution in [0.5, 0.6) is 0 Å². The number of unbranched alkanes of at least 4 members (excludes halogenated alkanes) is 4. The number of amides is 3. The zero-order valence-corrected chi connectivity index (χ0v) is 12.9. The van der Waals surface area contributed by atoms with Gasteiger partial charge in [-0.2, -0.15) is 0 Å². The lowest BCUT2D eigenvalue weighted by molar-refractivity contribution is -0.128. The maximum absolute atomic E-state index is 12.2. The fourth-order valence-corrected chi connectivity index (χ4v) is 3.52. The summed E-state index contributed by atoms with van der Waals surface area (Å²) in [5.41, 5.74) is -0.519. The molecular formula is C16H28N2O2. The van der Waals surface area contributed by atoms with Gasteiger partial charge in [-0.25, -0.2) is 4.79 Å². The van der Waals surface area contributed by atoms with Gasteiger partial charge in [-0.1, -0.05) is 39.5 Å². The van der Waals surface area contributed by atoms with Crippen LogP contribution in [0.1, 0.15) is 71.6 Å². The summed E-state index contributed by atoms with van der Waals surface area (Å²) < 4.78 is 0. The summed E-state index contributed by atoms with van der Waals surface area (Å²) in [5, 5.41) is 2.54. The van der Waals surface area contributed by atoms with Crippen molar-refractivity contribution in [1.82, 2.24) is 10.2 Å². The molecule has 3 amide bonds. The first-order chi connectivity index (χ1) is 9.60. The molecule has 20 heavy (non-hydrogen) atoms. The van der Waals surface area contributed by atoms with Crippen molar-refractivity contribution in [2.24, 2.45) is 5.92 Å². The van der Waals surface area contributed by atoms with Gasteiger partial charge in [0.15, 0.2) is 0 Å². The number of hydrogen-bond donors (Lipinski definition) is 1. The highest BCUT2D eigenvalue weighted by Gasteiger charge is 2.53. The van der Waals surface area contributed by atoms with E-state index >= 15 is 0 Å². The Morgan fingerprint density at radius 3 is 2.45 bits per heavy atom. The molecule has 0 atom stereocenters. The van der Waals surface area contributed by atoms with Gasteiger partial charge in [-0.3, -0.25) is 10.1 Å². The highest BCUT2D eigenvalue weighted by atomic mass is 16.2. The van der Waals surface area contributed by atoms with E-state index in [1.54, 1.807) is 0 Å². The molecular weight excluding hydrogens is 252 g/mol. The van der Waals surface area contributed by atoms with E-state index in [0.717, 1.165) is 45.1 Å². The van der Waals surface area contributed by atoms with Crippen molar-refractivity contribution in [3.05, 3.63) is 0 Å². The Morgan fingerprint density at radius 1 is 1.15 bits per heavy atom. The molecule has 2 rings (SSSR count). The molecule has 2 fully saturated rings. The van der Waals surface area contributed by atoms with Crippen LogP contribution in [0, 0.1) is 5.92 Å². The zero-order valence-electron chi connectivity index (χ0n) is 12.9. The van der Waals surface area contributed by atoms with Crippen LogP contribution < -0.4 is 5.32 Å². The van der Waals surface area contributed by atoms with Crippen molar-refractivity contribution in [3.63, 3.8) is 0 Å². The lowest BCUT2D eigenvalue weighted by Gasteiger charge is -2.40. The second-order valence-electron chi connectivity index (χ2n) is 6.54. The van der Waals surface area contributed by atoms with Gasteiger partial charge in [0.2, 0.25) is 0 Å². The molecule has 1 aliphatic carbocycles. The van der Waals surface area contributed by atoms with Gasteiger partial charge in [-0.15, -0.1) is 0 Å². The Bertz CT molecular complexity index is 359. The molecule has 0 aromatic rings. The molecule has 114 valence electrons. The minimum Gasteiger partial charge on any atom is -0.310 e. The second-order valence-corrected chi connectivity index (χ2v) is 6.54. The Kier molecular flexibility index (Phi) is 5.06. The van der Waals surface area contributed by atoms with E-state index < -0.39 is 5.54 Å². The lowest BCUT2D eigenvalue weighted by atomic mass is 9.76. The molecule has 1 spiro atoms. The standard InChI is InChI=1S/C16H28N2O2/c1-3-4-5-6-7-12-18-15(20)17-14(19)16(18)10-8-13(2)9-11-16/h13H,3-12H2,1-2H3,(H,17,19,20). The Hall–Kier alpha value is -1.06. The third kappa shape index (κ3) is 2.99. The number of rotatable bonds is 6. The van der Waals surface area contributed by atoms with Crippen molar-refractivity contribution in [3.8, 4) is 0 Å². The highest BCUT2D eigenvalue weighted by Crippen LogP contribution is 2.39. The quantitative estimate of drug-likeness (QED) is 0.598. The number of carbonyl (C=O) groups is 2. The van der Waals surface area contributed by atoms with Crippen LogP contribution in [0.3, 0.4) is 0 Å². The van der Waals surface area contributed by atoms with Gasteiger partial charge in [0, 0.05) is 6.54 Å². The highest BCUT2D eigenvalue weighted by molar-refractivity contribution is 6.07. The molecule has 0 radical (unpaired) electrons. The lowest BCUT2D eigenvalue weighted by Crippen LogP contribution is -2.52. The minimum atomic E-state index is -0.519. The van der Waals surface area contributed by atoms with Crippen molar-refractivity contribution < 1.29 is 9.59 Å². The second kappa shape index (κ2) is 6.59. The average molecular weight is 280 g/mol. The molecule has 2 aliphatic rings. The molecule has 1 saturated carbocycles. The number of nitrogens with one attached hydrogen (secondary N) is 1. The number of nitrogens with zero attached hydrogens (tertiary/aromatic N) is 1. The Morgan fingerprint density at radius 2 is 1.80 bits per heavy atom. The molecule has 0 unspecified atom stereocenters. The fraction of sp³-hybridized carbons (Fsp3) is 0.875. The van der Waals surface area contributed by atoms with Crippen molar-refractivity contribution >= 4 is 11.9 Å². The van der Waals surface area contributed by atoms with Crippen LogP contribution in [0.15, 0.2) is 0 Å². The van der Waals surface area contributed by atoms with E-state index in [9.17, 15) is 9.59 Å². The Balaban J connectivity index is 1.94. The van der Waals surface area contributed by atoms with Gasteiger partial charge >= 0.3 is 6.03 Å². The van der Waals surface area contributed by atoms with Gasteiger partial charge < -0.3 is 4.90 Å². The third-order valence-electron chi connectivity index (χ3n) is 4.99. The molecule has 1 N–H and O–H groups in total. The summed E-state index contributed by atoms with van der Waals surface area (Å²) in [7, 11) is 0. The first kappa shape index (κ1) is 15.3. The van der Waals surface area contributed by atoms with Crippen molar-refractivity contribution in [2.75, 3.05) is 6.54 Å². The summed E-state index contributed by atoms with van der Waals surface area (Å²) in [6, 6.07) is -0.167. The van der Waals surface area contributed by atoms with Gasteiger partial charge in [0.05, 0.1) is 0 Å². The third-order valence-corrected chi connectivity index (χ3v) is 4.99. The SMILES string of the molecule is CCCCCCCN1C(=O)NC(=O)C12CCC(C)CC2. The van der Waals surface area contributed by atoms with E-state index in [4.69, 9.17) is 0 Å². The maximum atomic E-state index is 12.2. The largest absolute Gasteiger partial charge is 0.325 e. The molecule has 1 heterocycles. The summed E-state index contributed by atoms with van der Waals surface area (Å²) >= 11 is 0. The predicted octanol–water partition coefficient (Wildman–Crippen LogP) is 3.46. The van der Waals surface area contributed by atoms with Crippen molar-refractivity contribution in [1.29, 1.82) is 0 Å². The molecule has 4 nitrogen and oxygen atoms in total. The Labute approximate surface area is 122 Å². The van der Waals surface area contributed by atoms with Gasteiger partial charge in [-0.05, 0) is 38.0 Å². The topological polar surface area (TPSA) is 49.4 Å². The van der Waals surface area contributed by atoms with Crippen LogP contribution in [-0.2, 0) is 4.79 Å². The van der Waals surface area contributed by atoms with Crippen LogP contribution >= 0.6 is 0 Å². The zero-order chi connectivity index (χ0) is 14.6. The van der Waals surface area contributed by atoms with Crippen LogP contribution in [0.2, 0.25) is 0 Å². The van der Waals surface area contributed by atoms with E-state index in [-0.39, 0.29) is 11.9 Å². The summed E-state index contributed by atoms with van der Waals surface area (Å²) in [6.07, 6.45) is 9.64. The van der Waals surface area contributed by atoms with Gasteiger partial charge in [0.1, 0.15) is 5.54 Å². The minimum absolute atomic E-state index is 0.0528. The normalized spacial score (nSPS) is 30.1. The van der Waals surface area contributed by atoms with Crippen LogP contribution in [0.25, 0.3) is 0 Å². The predicted molar refractivity (Wildman–Crippen MR) is 79.4 cm³/mol. The van der Waals surface area contributed by atoms with E-state index in [1.165, 1.54) is 19.3 Å². The maximum Gasteiger partial charge on any atom is 0.325 e. The van der Waals surface area contributed by atoms with E-state index in [1.807, 2.05) is 4.90 Å². The number of imide groups is 1. The molecule has 0 bridgehead atoms.